The molecule has 27 heavy (non-hydrogen) atoms. The Morgan fingerprint density at radius 2 is 1.63 bits per heavy atom. The molecule has 0 fully saturated rings. The van der Waals surface area contributed by atoms with Gasteiger partial charge in [-0.05, 0) is 26.0 Å². The lowest BCUT2D eigenvalue weighted by molar-refractivity contribution is 0.103. The third kappa shape index (κ3) is 3.80. The zero-order valence-electron chi connectivity index (χ0n) is 15.0. The molecule has 0 saturated carbocycles. The highest BCUT2D eigenvalue weighted by Gasteiger charge is 2.20. The predicted octanol–water partition coefficient (Wildman–Crippen LogP) is 3.62. The summed E-state index contributed by atoms with van der Waals surface area (Å²) >= 11 is 0. The van der Waals surface area contributed by atoms with E-state index >= 15 is 0 Å². The molecule has 0 unspecified atom stereocenters. The quantitative estimate of drug-likeness (QED) is 0.634. The lowest BCUT2D eigenvalue weighted by atomic mass is 10.1. The van der Waals surface area contributed by atoms with Gasteiger partial charge in [0.25, 0.3) is 0 Å². The van der Waals surface area contributed by atoms with Gasteiger partial charge < -0.3 is 0 Å². The molecule has 0 spiro atoms. The van der Waals surface area contributed by atoms with Crippen molar-refractivity contribution in [1.29, 1.82) is 0 Å². The maximum atomic E-state index is 12.6. The number of ketones is 1. The zero-order chi connectivity index (χ0) is 19.6. The fraction of sp³-hybridized carbons (Fsp3) is 0.143. The molecule has 3 aromatic rings. The molecule has 2 radical (unpaired) electrons. The molecule has 5 nitrogen and oxygen atoms in total. The number of rotatable bonds is 5. The minimum absolute atomic E-state index is 0.0478. The maximum absolute atomic E-state index is 12.6. The molecule has 2 aromatic carbocycles. The Labute approximate surface area is 159 Å². The molecule has 136 valence electrons. The number of carbonyl (C=O) groups excluding carboxylic acids is 1. The zero-order valence-corrected chi connectivity index (χ0v) is 15.8. The summed E-state index contributed by atoms with van der Waals surface area (Å²) < 4.78 is 24.5. The molecule has 1 heterocycles. The van der Waals surface area contributed by atoms with E-state index in [4.69, 9.17) is 6.92 Å². The van der Waals surface area contributed by atoms with Crippen LogP contribution in [0.2, 0.25) is 0 Å². The van der Waals surface area contributed by atoms with E-state index in [-0.39, 0.29) is 22.1 Å². The fourth-order valence-electron chi connectivity index (χ4n) is 2.52. The van der Waals surface area contributed by atoms with Crippen molar-refractivity contribution in [2.45, 2.75) is 24.0 Å². The summed E-state index contributed by atoms with van der Waals surface area (Å²) in [5.41, 5.74) is 1.67. The van der Waals surface area contributed by atoms with Gasteiger partial charge in [0, 0.05) is 18.1 Å². The SMILES string of the molecule is [CH]c1ncc(-c2ccc(S(=O)(=O)C(C)C)cc2)nc1C(=O)c1ccccc1. The third-order valence-electron chi connectivity index (χ3n) is 4.15. The average molecular weight is 378 g/mol. The monoisotopic (exact) mass is 378 g/mol. The van der Waals surface area contributed by atoms with Gasteiger partial charge in [-0.25, -0.2) is 13.4 Å². The van der Waals surface area contributed by atoms with E-state index in [1.54, 1.807) is 50.2 Å². The normalized spacial score (nSPS) is 11.6. The van der Waals surface area contributed by atoms with Crippen molar-refractivity contribution in [2.75, 3.05) is 0 Å². The van der Waals surface area contributed by atoms with E-state index in [1.165, 1.54) is 18.3 Å². The van der Waals surface area contributed by atoms with Crippen LogP contribution in [-0.2, 0) is 9.84 Å². The summed E-state index contributed by atoms with van der Waals surface area (Å²) in [4.78, 5) is 21.3. The van der Waals surface area contributed by atoms with Crippen LogP contribution in [-0.4, -0.2) is 29.4 Å². The van der Waals surface area contributed by atoms with Gasteiger partial charge in [0.15, 0.2) is 9.84 Å². The van der Waals surface area contributed by atoms with Crippen molar-refractivity contribution < 1.29 is 13.2 Å². The van der Waals surface area contributed by atoms with Gasteiger partial charge in [0.05, 0.1) is 27.7 Å². The summed E-state index contributed by atoms with van der Waals surface area (Å²) in [6.07, 6.45) is 1.46. The van der Waals surface area contributed by atoms with Gasteiger partial charge in [-0.1, -0.05) is 42.5 Å². The molecule has 0 N–H and O–H groups in total. The standard InChI is InChI=1S/C21H18N2O3S/c1-14(2)27(25,26)18-11-9-16(10-12-18)19-13-22-15(3)20(23-19)21(24)17-7-5-4-6-8-17/h3-14H,1-2H3. The van der Waals surface area contributed by atoms with Crippen molar-refractivity contribution in [2.24, 2.45) is 0 Å². The van der Waals surface area contributed by atoms with Gasteiger partial charge >= 0.3 is 0 Å². The van der Waals surface area contributed by atoms with Crippen LogP contribution in [0.15, 0.2) is 65.7 Å². The molecule has 0 atom stereocenters. The fourth-order valence-corrected chi connectivity index (χ4v) is 3.58. The number of carbonyl (C=O) groups is 1. The first-order valence-corrected chi connectivity index (χ1v) is 9.92. The Bertz CT molecular complexity index is 1070. The molecule has 6 heteroatoms. The maximum Gasteiger partial charge on any atom is 0.213 e. The van der Waals surface area contributed by atoms with E-state index in [2.05, 4.69) is 9.97 Å². The van der Waals surface area contributed by atoms with Crippen LogP contribution in [0.1, 0.15) is 35.6 Å². The highest BCUT2D eigenvalue weighted by atomic mass is 32.2. The molecule has 0 saturated heterocycles. The smallest absolute Gasteiger partial charge is 0.213 e. The van der Waals surface area contributed by atoms with Crippen molar-refractivity contribution in [3.8, 4) is 11.3 Å². The van der Waals surface area contributed by atoms with Gasteiger partial charge in [-0.2, -0.15) is 0 Å². The van der Waals surface area contributed by atoms with Crippen molar-refractivity contribution in [3.63, 3.8) is 0 Å². The second-order valence-corrected chi connectivity index (χ2v) is 8.81. The Morgan fingerprint density at radius 1 is 1.00 bits per heavy atom. The van der Waals surface area contributed by atoms with Gasteiger partial charge in [-0.3, -0.25) is 9.78 Å². The van der Waals surface area contributed by atoms with Crippen LogP contribution in [0, 0.1) is 6.92 Å². The summed E-state index contributed by atoms with van der Waals surface area (Å²) in [5, 5.41) is -0.505. The van der Waals surface area contributed by atoms with E-state index < -0.39 is 15.1 Å². The van der Waals surface area contributed by atoms with Crippen LogP contribution < -0.4 is 0 Å². The first-order chi connectivity index (χ1) is 12.8. The Morgan fingerprint density at radius 3 is 2.22 bits per heavy atom. The van der Waals surface area contributed by atoms with Crippen molar-refractivity contribution >= 4 is 15.6 Å². The highest BCUT2D eigenvalue weighted by Crippen LogP contribution is 2.23. The van der Waals surface area contributed by atoms with Crippen molar-refractivity contribution in [3.05, 3.63) is 84.7 Å². The van der Waals surface area contributed by atoms with E-state index in [1.807, 2.05) is 6.07 Å². The van der Waals surface area contributed by atoms with E-state index in [0.29, 0.717) is 16.8 Å². The number of benzene rings is 2. The minimum atomic E-state index is -3.35. The topological polar surface area (TPSA) is 77.0 Å². The van der Waals surface area contributed by atoms with Crippen LogP contribution in [0.4, 0.5) is 0 Å². The first-order valence-electron chi connectivity index (χ1n) is 8.37. The molecule has 0 bridgehead atoms. The molecule has 3 rings (SSSR count). The average Bonchev–Trinajstić information content (AvgIpc) is 2.68. The Hall–Kier alpha value is -2.86. The largest absolute Gasteiger partial charge is 0.287 e. The molecule has 0 aliphatic carbocycles. The number of hydrogen-bond acceptors (Lipinski definition) is 5. The lowest BCUT2D eigenvalue weighted by Crippen LogP contribution is -2.13. The summed E-state index contributed by atoms with van der Waals surface area (Å²) in [5.74, 6) is -0.318. The molecular weight excluding hydrogens is 360 g/mol. The Balaban J connectivity index is 1.98. The summed E-state index contributed by atoms with van der Waals surface area (Å²) in [7, 11) is -3.35. The molecule has 0 aliphatic heterocycles. The summed E-state index contributed by atoms with van der Waals surface area (Å²) in [6, 6.07) is 15.0. The highest BCUT2D eigenvalue weighted by molar-refractivity contribution is 7.92. The number of nitrogens with zero attached hydrogens (tertiary/aromatic N) is 2. The van der Waals surface area contributed by atoms with Crippen LogP contribution in [0.5, 0.6) is 0 Å². The predicted molar refractivity (Wildman–Crippen MR) is 103 cm³/mol. The molecule has 1 aromatic heterocycles. The van der Waals surface area contributed by atoms with Gasteiger partial charge in [0.1, 0.15) is 5.69 Å². The van der Waals surface area contributed by atoms with Crippen LogP contribution in [0.3, 0.4) is 0 Å². The second-order valence-electron chi connectivity index (χ2n) is 6.30. The Kier molecular flexibility index (Phi) is 5.19. The number of aromatic nitrogens is 2. The molecule has 0 amide bonds. The third-order valence-corrected chi connectivity index (χ3v) is 6.32. The van der Waals surface area contributed by atoms with Crippen molar-refractivity contribution in [1.82, 2.24) is 9.97 Å². The number of sulfone groups is 1. The summed E-state index contributed by atoms with van der Waals surface area (Å²) in [6.45, 7) is 9.12. The molecular formula is C21H18N2O3S. The van der Waals surface area contributed by atoms with Gasteiger partial charge in [-0.15, -0.1) is 0 Å². The van der Waals surface area contributed by atoms with E-state index in [9.17, 15) is 13.2 Å². The lowest BCUT2D eigenvalue weighted by Gasteiger charge is -2.09. The minimum Gasteiger partial charge on any atom is -0.287 e. The second kappa shape index (κ2) is 7.40. The van der Waals surface area contributed by atoms with E-state index in [0.717, 1.165) is 0 Å². The molecule has 0 aliphatic rings. The van der Waals surface area contributed by atoms with Crippen LogP contribution in [0.25, 0.3) is 11.3 Å². The van der Waals surface area contributed by atoms with Gasteiger partial charge in [0.2, 0.25) is 5.78 Å². The first kappa shape index (κ1) is 18.9. The number of hydrogen-bond donors (Lipinski definition) is 0. The van der Waals surface area contributed by atoms with Crippen LogP contribution >= 0.6 is 0 Å².